The Bertz CT molecular complexity index is 387. The highest BCUT2D eigenvalue weighted by Gasteiger charge is 2.20. The van der Waals surface area contributed by atoms with Gasteiger partial charge < -0.3 is 20.3 Å². The first-order chi connectivity index (χ1) is 8.61. The quantitative estimate of drug-likeness (QED) is 0.788. The van der Waals surface area contributed by atoms with Gasteiger partial charge in [0.1, 0.15) is 0 Å². The second-order valence-electron chi connectivity index (χ2n) is 3.50. The maximum atomic E-state index is 10.4. The van der Waals surface area contributed by atoms with Crippen LogP contribution in [0.1, 0.15) is 10.4 Å². The molecule has 1 heterocycles. The summed E-state index contributed by atoms with van der Waals surface area (Å²) in [4.78, 5) is 20.6. The van der Waals surface area contributed by atoms with Crippen LogP contribution in [-0.4, -0.2) is 42.9 Å². The Morgan fingerprint density at radius 3 is 2.22 bits per heavy atom. The van der Waals surface area contributed by atoms with Gasteiger partial charge in [0.05, 0.1) is 19.8 Å². The van der Waals surface area contributed by atoms with Gasteiger partial charge in [0, 0.05) is 5.56 Å². The number of carbonyl (C=O) groups is 2. The number of rotatable bonds is 2. The highest BCUT2D eigenvalue weighted by molar-refractivity contribution is 5.92. The van der Waals surface area contributed by atoms with Gasteiger partial charge in [-0.25, -0.2) is 4.79 Å². The maximum Gasteiger partial charge on any atom is 0.335 e. The molecule has 98 valence electrons. The van der Waals surface area contributed by atoms with E-state index in [-0.39, 0.29) is 12.5 Å². The van der Waals surface area contributed by atoms with Crippen molar-refractivity contribution in [3.8, 4) is 0 Å². The molecule has 2 rings (SSSR count). The second kappa shape index (κ2) is 7.41. The first-order valence-electron chi connectivity index (χ1n) is 5.38. The molecule has 0 aliphatic carbocycles. The van der Waals surface area contributed by atoms with Gasteiger partial charge in [0.25, 0.3) is 0 Å². The number of carboxylic acid groups (broad SMARTS) is 1. The van der Waals surface area contributed by atoms with E-state index in [1.54, 1.807) is 24.3 Å². The number of primary amides is 1. The number of hydrogen-bond acceptors (Lipinski definition) is 4. The van der Waals surface area contributed by atoms with Crippen molar-refractivity contribution in [1.29, 1.82) is 0 Å². The summed E-state index contributed by atoms with van der Waals surface area (Å²) in [6.07, 6.45) is -0.751. The van der Waals surface area contributed by atoms with Crippen LogP contribution in [-0.2, 0) is 14.3 Å². The van der Waals surface area contributed by atoms with Crippen LogP contribution in [0.25, 0.3) is 0 Å². The number of amides is 1. The number of aliphatic carboxylic acids is 1. The molecule has 1 amide bonds. The molecule has 0 bridgehead atoms. The third-order valence-corrected chi connectivity index (χ3v) is 2.15. The molecule has 3 N–H and O–H groups in total. The van der Waals surface area contributed by atoms with E-state index >= 15 is 0 Å². The zero-order valence-electron chi connectivity index (χ0n) is 9.74. The van der Waals surface area contributed by atoms with Crippen LogP contribution >= 0.6 is 0 Å². The smallest absolute Gasteiger partial charge is 0.335 e. The van der Waals surface area contributed by atoms with Crippen LogP contribution in [0.2, 0.25) is 0 Å². The van der Waals surface area contributed by atoms with E-state index < -0.39 is 12.1 Å². The molecule has 0 aromatic heterocycles. The molecule has 1 atom stereocenters. The Morgan fingerprint density at radius 2 is 1.89 bits per heavy atom. The van der Waals surface area contributed by atoms with Crippen molar-refractivity contribution in [2.75, 3.05) is 19.8 Å². The van der Waals surface area contributed by atoms with Crippen molar-refractivity contribution in [3.63, 3.8) is 0 Å². The number of benzene rings is 1. The Balaban J connectivity index is 0.000000180. The molecule has 1 saturated heterocycles. The predicted molar refractivity (Wildman–Crippen MR) is 63.2 cm³/mol. The summed E-state index contributed by atoms with van der Waals surface area (Å²) in [6.45, 7) is 1.07. The second-order valence-corrected chi connectivity index (χ2v) is 3.50. The Morgan fingerprint density at radius 1 is 1.22 bits per heavy atom. The molecule has 6 heteroatoms. The van der Waals surface area contributed by atoms with Gasteiger partial charge in [-0.1, -0.05) is 18.2 Å². The SMILES string of the molecule is NC(=O)c1ccccc1.O=C(O)C1COCCO1. The van der Waals surface area contributed by atoms with E-state index in [9.17, 15) is 9.59 Å². The summed E-state index contributed by atoms with van der Waals surface area (Å²) >= 11 is 0. The van der Waals surface area contributed by atoms with Crippen LogP contribution in [0.15, 0.2) is 30.3 Å². The lowest BCUT2D eigenvalue weighted by Gasteiger charge is -2.18. The minimum absolute atomic E-state index is 0.176. The molecular weight excluding hydrogens is 238 g/mol. The Hall–Kier alpha value is -1.92. The van der Waals surface area contributed by atoms with Crippen LogP contribution in [0.3, 0.4) is 0 Å². The number of nitrogens with two attached hydrogens (primary N) is 1. The van der Waals surface area contributed by atoms with Crippen molar-refractivity contribution in [2.24, 2.45) is 5.73 Å². The fourth-order valence-corrected chi connectivity index (χ4v) is 1.23. The summed E-state index contributed by atoms with van der Waals surface area (Å²) < 4.78 is 9.65. The van der Waals surface area contributed by atoms with Crippen molar-refractivity contribution >= 4 is 11.9 Å². The topological polar surface area (TPSA) is 98.9 Å². The molecule has 18 heavy (non-hydrogen) atoms. The summed E-state index contributed by atoms with van der Waals surface area (Å²) in [7, 11) is 0. The third kappa shape index (κ3) is 4.94. The minimum atomic E-state index is -0.949. The molecule has 0 saturated carbocycles. The van der Waals surface area contributed by atoms with Crippen LogP contribution < -0.4 is 5.73 Å². The first-order valence-corrected chi connectivity index (χ1v) is 5.38. The Labute approximate surface area is 104 Å². The van der Waals surface area contributed by atoms with Crippen LogP contribution in [0.4, 0.5) is 0 Å². The van der Waals surface area contributed by atoms with Crippen molar-refractivity contribution in [3.05, 3.63) is 35.9 Å². The minimum Gasteiger partial charge on any atom is -0.479 e. The predicted octanol–water partition coefficient (Wildman–Crippen LogP) is 0.272. The molecule has 0 spiro atoms. The molecular formula is C12H15NO5. The third-order valence-electron chi connectivity index (χ3n) is 2.15. The highest BCUT2D eigenvalue weighted by Crippen LogP contribution is 1.99. The van der Waals surface area contributed by atoms with Crippen molar-refractivity contribution in [1.82, 2.24) is 0 Å². The van der Waals surface area contributed by atoms with Crippen molar-refractivity contribution in [2.45, 2.75) is 6.10 Å². The molecule has 6 nitrogen and oxygen atoms in total. The summed E-state index contributed by atoms with van der Waals surface area (Å²) in [6, 6.07) is 8.76. The van der Waals surface area contributed by atoms with E-state index in [2.05, 4.69) is 0 Å². The fourth-order valence-electron chi connectivity index (χ4n) is 1.23. The van der Waals surface area contributed by atoms with E-state index in [0.717, 1.165) is 0 Å². The number of carbonyl (C=O) groups excluding carboxylic acids is 1. The van der Waals surface area contributed by atoms with Gasteiger partial charge in [0.2, 0.25) is 5.91 Å². The lowest BCUT2D eigenvalue weighted by Crippen LogP contribution is -2.35. The maximum absolute atomic E-state index is 10.4. The lowest BCUT2D eigenvalue weighted by atomic mass is 10.2. The zero-order chi connectivity index (χ0) is 13.4. The van der Waals surface area contributed by atoms with E-state index in [1.807, 2.05) is 6.07 Å². The molecule has 1 unspecified atom stereocenters. The lowest BCUT2D eigenvalue weighted by molar-refractivity contribution is -0.164. The number of carboxylic acids is 1. The zero-order valence-corrected chi connectivity index (χ0v) is 9.74. The molecule has 0 radical (unpaired) electrons. The van der Waals surface area contributed by atoms with Gasteiger partial charge in [-0.2, -0.15) is 0 Å². The number of ether oxygens (including phenoxy) is 2. The molecule has 1 aromatic rings. The van der Waals surface area contributed by atoms with Gasteiger partial charge in [0.15, 0.2) is 6.10 Å². The van der Waals surface area contributed by atoms with E-state index in [1.165, 1.54) is 0 Å². The summed E-state index contributed by atoms with van der Waals surface area (Å²) in [5.41, 5.74) is 5.53. The van der Waals surface area contributed by atoms with Crippen LogP contribution in [0, 0.1) is 0 Å². The van der Waals surface area contributed by atoms with Gasteiger partial charge in [-0.05, 0) is 12.1 Å². The number of hydrogen-bond donors (Lipinski definition) is 2. The highest BCUT2D eigenvalue weighted by atomic mass is 16.6. The fraction of sp³-hybridized carbons (Fsp3) is 0.333. The standard InChI is InChI=1S/C7H7NO.C5H8O4/c8-7(9)6-4-2-1-3-5-6;6-5(7)4-3-8-1-2-9-4/h1-5H,(H2,8,9);4H,1-3H2,(H,6,7). The van der Waals surface area contributed by atoms with Gasteiger partial charge in [-0.3, -0.25) is 4.79 Å². The summed E-state index contributed by atoms with van der Waals surface area (Å²) in [5.74, 6) is -1.33. The van der Waals surface area contributed by atoms with Crippen LogP contribution in [0.5, 0.6) is 0 Å². The first kappa shape index (κ1) is 14.1. The monoisotopic (exact) mass is 253 g/mol. The average Bonchev–Trinajstić information content (AvgIpc) is 2.41. The van der Waals surface area contributed by atoms with Gasteiger partial charge in [-0.15, -0.1) is 0 Å². The summed E-state index contributed by atoms with van der Waals surface area (Å²) in [5, 5.41) is 8.33. The molecule has 1 aliphatic heterocycles. The normalized spacial score (nSPS) is 18.3. The molecule has 1 fully saturated rings. The van der Waals surface area contributed by atoms with E-state index in [4.69, 9.17) is 20.3 Å². The van der Waals surface area contributed by atoms with Gasteiger partial charge >= 0.3 is 5.97 Å². The largest absolute Gasteiger partial charge is 0.479 e. The average molecular weight is 253 g/mol. The molecule has 1 aliphatic rings. The Kier molecular flexibility index (Phi) is 5.83. The van der Waals surface area contributed by atoms with Crippen molar-refractivity contribution < 1.29 is 24.2 Å². The molecule has 1 aromatic carbocycles. The van der Waals surface area contributed by atoms with E-state index in [0.29, 0.717) is 18.8 Å².